The molecule has 0 spiro atoms. The van der Waals surface area contributed by atoms with Crippen molar-refractivity contribution in [2.24, 2.45) is 0 Å². The summed E-state index contributed by atoms with van der Waals surface area (Å²) in [5.74, 6) is 0.204. The van der Waals surface area contributed by atoms with E-state index in [-0.39, 0.29) is 24.6 Å². The Labute approximate surface area is 140 Å². The smallest absolute Gasteiger partial charge is 0.221 e. The Balaban J connectivity index is 1.50. The number of ether oxygens (including phenoxy) is 1. The van der Waals surface area contributed by atoms with Gasteiger partial charge in [0.05, 0.1) is 37.2 Å². The molecule has 8 nitrogen and oxygen atoms in total. The average Bonchev–Trinajstić information content (AvgIpc) is 3.02. The van der Waals surface area contributed by atoms with Gasteiger partial charge in [0.25, 0.3) is 0 Å². The van der Waals surface area contributed by atoms with E-state index in [0.717, 1.165) is 5.52 Å². The molecular formula is C15H20N4O4S. The van der Waals surface area contributed by atoms with E-state index in [0.29, 0.717) is 32.1 Å². The average molecular weight is 352 g/mol. The van der Waals surface area contributed by atoms with Crippen LogP contribution in [0.25, 0.3) is 5.52 Å². The third-order valence-electron chi connectivity index (χ3n) is 3.91. The van der Waals surface area contributed by atoms with Crippen molar-refractivity contribution < 1.29 is 17.9 Å². The fourth-order valence-corrected chi connectivity index (χ4v) is 3.98. The van der Waals surface area contributed by atoms with E-state index < -0.39 is 10.0 Å². The van der Waals surface area contributed by atoms with Crippen LogP contribution in [0.2, 0.25) is 0 Å². The van der Waals surface area contributed by atoms with Crippen LogP contribution < -0.4 is 5.32 Å². The molecule has 1 fully saturated rings. The van der Waals surface area contributed by atoms with Crippen molar-refractivity contribution in [3.63, 3.8) is 0 Å². The van der Waals surface area contributed by atoms with E-state index in [2.05, 4.69) is 10.3 Å². The zero-order chi connectivity index (χ0) is 17.0. The fourth-order valence-electron chi connectivity index (χ4n) is 2.57. The van der Waals surface area contributed by atoms with Crippen molar-refractivity contribution in [2.75, 3.05) is 32.1 Å². The maximum atomic E-state index is 12.2. The molecule has 0 atom stereocenters. The normalized spacial score (nSPS) is 16.3. The van der Waals surface area contributed by atoms with Crippen molar-refractivity contribution in [3.05, 3.63) is 36.4 Å². The molecule has 9 heteroatoms. The van der Waals surface area contributed by atoms with E-state index in [4.69, 9.17) is 4.74 Å². The summed E-state index contributed by atoms with van der Waals surface area (Å²) in [5.41, 5.74) is 0.941. The molecule has 0 unspecified atom stereocenters. The molecule has 0 aliphatic carbocycles. The number of aromatic nitrogens is 2. The Bertz CT molecular complexity index is 812. The number of nitrogens with zero attached hydrogens (tertiary/aromatic N) is 3. The van der Waals surface area contributed by atoms with E-state index in [1.54, 1.807) is 6.20 Å². The van der Waals surface area contributed by atoms with Gasteiger partial charge in [0, 0.05) is 25.7 Å². The molecule has 1 amide bonds. The van der Waals surface area contributed by atoms with Crippen LogP contribution in [0.5, 0.6) is 0 Å². The third kappa shape index (κ3) is 3.92. The Morgan fingerprint density at radius 2 is 2.08 bits per heavy atom. The highest BCUT2D eigenvalue weighted by Gasteiger charge is 2.24. The highest BCUT2D eigenvalue weighted by Crippen LogP contribution is 2.08. The quantitative estimate of drug-likeness (QED) is 0.790. The summed E-state index contributed by atoms with van der Waals surface area (Å²) in [6.07, 6.45) is 3.53. The lowest BCUT2D eigenvalue weighted by Gasteiger charge is -2.25. The molecule has 0 saturated carbocycles. The van der Waals surface area contributed by atoms with Crippen LogP contribution in [0.15, 0.2) is 30.6 Å². The molecule has 2 aromatic rings. The predicted molar refractivity (Wildman–Crippen MR) is 87.8 cm³/mol. The number of hydrogen-bond donors (Lipinski definition) is 1. The van der Waals surface area contributed by atoms with Gasteiger partial charge in [-0.3, -0.25) is 4.79 Å². The van der Waals surface area contributed by atoms with Crippen LogP contribution in [0.4, 0.5) is 0 Å². The number of carbonyl (C=O) groups excluding carboxylic acids is 1. The zero-order valence-corrected chi connectivity index (χ0v) is 14.0. The first kappa shape index (κ1) is 16.9. The standard InChI is InChI=1S/C15H20N4O4S/c20-15(4-10-24(21,22)18-6-8-23-9-7-18)17-12-14-16-11-13-3-1-2-5-19(13)14/h1-3,5,11H,4,6-10,12H2,(H,17,20). The summed E-state index contributed by atoms with van der Waals surface area (Å²) >= 11 is 0. The highest BCUT2D eigenvalue weighted by atomic mass is 32.2. The summed E-state index contributed by atoms with van der Waals surface area (Å²) in [6, 6.07) is 5.72. The van der Waals surface area contributed by atoms with Crippen molar-refractivity contribution in [1.29, 1.82) is 0 Å². The van der Waals surface area contributed by atoms with Gasteiger partial charge in [0.15, 0.2) is 0 Å². The molecule has 130 valence electrons. The van der Waals surface area contributed by atoms with Crippen LogP contribution in [-0.2, 0) is 26.1 Å². The van der Waals surface area contributed by atoms with Crippen LogP contribution in [0.3, 0.4) is 0 Å². The van der Waals surface area contributed by atoms with E-state index in [9.17, 15) is 13.2 Å². The minimum atomic E-state index is -3.41. The lowest BCUT2D eigenvalue weighted by Crippen LogP contribution is -2.42. The second-order valence-electron chi connectivity index (χ2n) is 5.52. The summed E-state index contributed by atoms with van der Waals surface area (Å²) in [5, 5.41) is 2.72. The predicted octanol–water partition coefficient (Wildman–Crippen LogP) is 0.00260. The first-order chi connectivity index (χ1) is 11.6. The SMILES string of the molecule is O=C(CCS(=O)(=O)N1CCOCC1)NCc1ncc2ccccn12. The minimum Gasteiger partial charge on any atom is -0.379 e. The molecule has 0 bridgehead atoms. The third-order valence-corrected chi connectivity index (χ3v) is 5.78. The summed E-state index contributed by atoms with van der Waals surface area (Å²) in [6.45, 7) is 1.76. The summed E-state index contributed by atoms with van der Waals surface area (Å²) in [7, 11) is -3.41. The molecule has 0 radical (unpaired) electrons. The molecule has 3 rings (SSSR count). The van der Waals surface area contributed by atoms with Gasteiger partial charge in [-0.1, -0.05) is 6.07 Å². The van der Waals surface area contributed by atoms with E-state index >= 15 is 0 Å². The largest absolute Gasteiger partial charge is 0.379 e. The number of morpholine rings is 1. The number of fused-ring (bicyclic) bond motifs is 1. The number of sulfonamides is 1. The zero-order valence-electron chi connectivity index (χ0n) is 13.2. The number of imidazole rings is 1. The molecule has 1 aliphatic heterocycles. The molecule has 2 aromatic heterocycles. The van der Waals surface area contributed by atoms with E-state index in [1.807, 2.05) is 28.8 Å². The van der Waals surface area contributed by atoms with Gasteiger partial charge < -0.3 is 14.5 Å². The number of pyridine rings is 1. The minimum absolute atomic E-state index is 0.0665. The number of hydrogen-bond acceptors (Lipinski definition) is 5. The Morgan fingerprint density at radius 3 is 2.88 bits per heavy atom. The van der Waals surface area contributed by atoms with Crippen LogP contribution in [0, 0.1) is 0 Å². The van der Waals surface area contributed by atoms with Crippen LogP contribution >= 0.6 is 0 Å². The molecule has 1 saturated heterocycles. The number of rotatable bonds is 6. The lowest BCUT2D eigenvalue weighted by atomic mass is 10.4. The van der Waals surface area contributed by atoms with Gasteiger partial charge in [0.1, 0.15) is 5.82 Å². The van der Waals surface area contributed by atoms with Crippen molar-refractivity contribution in [3.8, 4) is 0 Å². The van der Waals surface area contributed by atoms with Gasteiger partial charge >= 0.3 is 0 Å². The lowest BCUT2D eigenvalue weighted by molar-refractivity contribution is -0.120. The van der Waals surface area contributed by atoms with Gasteiger partial charge in [-0.15, -0.1) is 0 Å². The van der Waals surface area contributed by atoms with Crippen molar-refractivity contribution in [2.45, 2.75) is 13.0 Å². The maximum absolute atomic E-state index is 12.2. The Morgan fingerprint density at radius 1 is 1.29 bits per heavy atom. The van der Waals surface area contributed by atoms with Gasteiger partial charge in [-0.2, -0.15) is 4.31 Å². The maximum Gasteiger partial charge on any atom is 0.221 e. The molecule has 3 heterocycles. The van der Waals surface area contributed by atoms with Gasteiger partial charge in [0.2, 0.25) is 15.9 Å². The number of nitrogens with one attached hydrogen (secondary N) is 1. The highest BCUT2D eigenvalue weighted by molar-refractivity contribution is 7.89. The van der Waals surface area contributed by atoms with Crippen LogP contribution in [0.1, 0.15) is 12.2 Å². The topological polar surface area (TPSA) is 93.0 Å². The molecule has 0 aromatic carbocycles. The summed E-state index contributed by atoms with van der Waals surface area (Å²) < 4.78 is 32.7. The second-order valence-corrected chi connectivity index (χ2v) is 7.61. The first-order valence-corrected chi connectivity index (χ1v) is 9.40. The first-order valence-electron chi connectivity index (χ1n) is 7.79. The molecular weight excluding hydrogens is 332 g/mol. The molecule has 1 N–H and O–H groups in total. The number of amides is 1. The Kier molecular flexibility index (Phi) is 5.12. The monoisotopic (exact) mass is 352 g/mol. The van der Waals surface area contributed by atoms with Crippen molar-refractivity contribution >= 4 is 21.4 Å². The second kappa shape index (κ2) is 7.29. The van der Waals surface area contributed by atoms with Gasteiger partial charge in [-0.25, -0.2) is 13.4 Å². The van der Waals surface area contributed by atoms with Gasteiger partial charge in [-0.05, 0) is 12.1 Å². The molecule has 1 aliphatic rings. The van der Waals surface area contributed by atoms with Crippen molar-refractivity contribution in [1.82, 2.24) is 19.0 Å². The Hall–Kier alpha value is -1.97. The fraction of sp³-hybridized carbons (Fsp3) is 0.467. The summed E-state index contributed by atoms with van der Waals surface area (Å²) in [4.78, 5) is 16.2. The molecule has 24 heavy (non-hydrogen) atoms. The van der Waals surface area contributed by atoms with Crippen LogP contribution in [-0.4, -0.2) is 60.1 Å². The number of carbonyl (C=O) groups is 1. The van der Waals surface area contributed by atoms with E-state index in [1.165, 1.54) is 4.31 Å².